The zero-order valence-electron chi connectivity index (χ0n) is 9.89. The molecule has 0 atom stereocenters. The van der Waals surface area contributed by atoms with E-state index in [1.54, 1.807) is 25.1 Å². The smallest absolute Gasteiger partial charge is 0.378 e. The Bertz CT molecular complexity index is 341. The molecule has 0 unspecified atom stereocenters. The van der Waals surface area contributed by atoms with Gasteiger partial charge < -0.3 is 4.90 Å². The van der Waals surface area contributed by atoms with Gasteiger partial charge in [-0.3, -0.25) is 0 Å². The zero-order chi connectivity index (χ0) is 12.5. The van der Waals surface area contributed by atoms with Crippen LogP contribution in [0.2, 0.25) is 0 Å². The maximum Gasteiger partial charge on any atom is 0.416 e. The Morgan fingerprint density at radius 2 is 1.62 bits per heavy atom. The second kappa shape index (κ2) is 4.36. The third-order valence-corrected chi connectivity index (χ3v) is 2.45. The lowest BCUT2D eigenvalue weighted by molar-refractivity contribution is -0.137. The van der Waals surface area contributed by atoms with Crippen LogP contribution in [0.1, 0.15) is 30.9 Å². The van der Waals surface area contributed by atoms with E-state index in [1.807, 2.05) is 13.8 Å². The van der Waals surface area contributed by atoms with Gasteiger partial charge in [0.1, 0.15) is 0 Å². The van der Waals surface area contributed by atoms with Gasteiger partial charge in [-0.1, -0.05) is 13.8 Å². The predicted octanol–water partition coefficient (Wildman–Crippen LogP) is 3.89. The SMILES string of the molecule is CC(C)c1cc(N(C)C)cc(C(F)(F)F)c1. The van der Waals surface area contributed by atoms with E-state index in [1.165, 1.54) is 12.1 Å². The molecule has 0 saturated carbocycles. The van der Waals surface area contributed by atoms with Crippen LogP contribution in [0.5, 0.6) is 0 Å². The normalized spacial score (nSPS) is 12.0. The molecule has 1 aromatic carbocycles. The van der Waals surface area contributed by atoms with Gasteiger partial charge >= 0.3 is 6.18 Å². The summed E-state index contributed by atoms with van der Waals surface area (Å²) in [6.07, 6.45) is -4.28. The molecule has 0 spiro atoms. The van der Waals surface area contributed by atoms with Crippen LogP contribution in [0.4, 0.5) is 18.9 Å². The molecular formula is C12H16F3N. The fourth-order valence-electron chi connectivity index (χ4n) is 1.39. The molecule has 16 heavy (non-hydrogen) atoms. The van der Waals surface area contributed by atoms with Gasteiger partial charge in [0.2, 0.25) is 0 Å². The molecule has 0 heterocycles. The predicted molar refractivity (Wildman–Crippen MR) is 59.9 cm³/mol. The Balaban J connectivity index is 3.30. The number of nitrogens with zero attached hydrogens (tertiary/aromatic N) is 1. The van der Waals surface area contributed by atoms with Crippen molar-refractivity contribution in [1.82, 2.24) is 0 Å². The molecule has 0 saturated heterocycles. The summed E-state index contributed by atoms with van der Waals surface area (Å²) in [5.41, 5.74) is 0.708. The average Bonchev–Trinajstić information content (AvgIpc) is 2.15. The van der Waals surface area contributed by atoms with E-state index in [4.69, 9.17) is 0 Å². The van der Waals surface area contributed by atoms with Gasteiger partial charge in [0.25, 0.3) is 0 Å². The molecule has 4 heteroatoms. The highest BCUT2D eigenvalue weighted by Gasteiger charge is 2.31. The van der Waals surface area contributed by atoms with E-state index < -0.39 is 11.7 Å². The number of anilines is 1. The lowest BCUT2D eigenvalue weighted by Gasteiger charge is -2.18. The Morgan fingerprint density at radius 3 is 2.00 bits per heavy atom. The van der Waals surface area contributed by atoms with Crippen LogP contribution in [0.3, 0.4) is 0 Å². The first-order chi connectivity index (χ1) is 7.21. The van der Waals surface area contributed by atoms with Crippen molar-refractivity contribution in [2.24, 2.45) is 0 Å². The highest BCUT2D eigenvalue weighted by molar-refractivity contribution is 5.51. The van der Waals surface area contributed by atoms with Crippen LogP contribution in [0, 0.1) is 0 Å². The average molecular weight is 231 g/mol. The van der Waals surface area contributed by atoms with Crippen LogP contribution in [0.15, 0.2) is 18.2 Å². The molecular weight excluding hydrogens is 215 g/mol. The van der Waals surface area contributed by atoms with Crippen LogP contribution >= 0.6 is 0 Å². The van der Waals surface area contributed by atoms with Crippen LogP contribution in [-0.4, -0.2) is 14.1 Å². The maximum absolute atomic E-state index is 12.7. The molecule has 0 aliphatic rings. The van der Waals surface area contributed by atoms with Crippen molar-refractivity contribution in [3.05, 3.63) is 29.3 Å². The number of benzene rings is 1. The highest BCUT2D eigenvalue weighted by Crippen LogP contribution is 2.34. The van der Waals surface area contributed by atoms with Crippen molar-refractivity contribution in [2.75, 3.05) is 19.0 Å². The minimum absolute atomic E-state index is 0.0843. The van der Waals surface area contributed by atoms with Gasteiger partial charge in [-0.2, -0.15) is 13.2 Å². The summed E-state index contributed by atoms with van der Waals surface area (Å²) in [5.74, 6) is 0.0843. The van der Waals surface area contributed by atoms with E-state index in [-0.39, 0.29) is 5.92 Å². The molecule has 1 aromatic rings. The minimum Gasteiger partial charge on any atom is -0.378 e. The fraction of sp³-hybridized carbons (Fsp3) is 0.500. The maximum atomic E-state index is 12.7. The third kappa shape index (κ3) is 2.90. The summed E-state index contributed by atoms with van der Waals surface area (Å²) in [7, 11) is 3.47. The summed E-state index contributed by atoms with van der Waals surface area (Å²) >= 11 is 0. The molecule has 0 aliphatic carbocycles. The van der Waals surface area contributed by atoms with E-state index in [2.05, 4.69) is 0 Å². The van der Waals surface area contributed by atoms with Gasteiger partial charge in [-0.15, -0.1) is 0 Å². The lowest BCUT2D eigenvalue weighted by Crippen LogP contribution is -2.12. The van der Waals surface area contributed by atoms with E-state index >= 15 is 0 Å². The van der Waals surface area contributed by atoms with Crippen LogP contribution in [0.25, 0.3) is 0 Å². The number of hydrogen-bond acceptors (Lipinski definition) is 1. The van der Waals surface area contributed by atoms with Gasteiger partial charge in [0, 0.05) is 19.8 Å². The van der Waals surface area contributed by atoms with E-state index in [0.717, 1.165) is 0 Å². The van der Waals surface area contributed by atoms with Crippen molar-refractivity contribution in [1.29, 1.82) is 0 Å². The van der Waals surface area contributed by atoms with Crippen molar-refractivity contribution in [2.45, 2.75) is 25.9 Å². The zero-order valence-corrected chi connectivity index (χ0v) is 9.89. The lowest BCUT2D eigenvalue weighted by atomic mass is 9.99. The Hall–Kier alpha value is -1.19. The monoisotopic (exact) mass is 231 g/mol. The highest BCUT2D eigenvalue weighted by atomic mass is 19.4. The van der Waals surface area contributed by atoms with Crippen molar-refractivity contribution in [3.63, 3.8) is 0 Å². The topological polar surface area (TPSA) is 3.24 Å². The number of hydrogen-bond donors (Lipinski definition) is 0. The molecule has 0 N–H and O–H groups in total. The third-order valence-electron chi connectivity index (χ3n) is 2.45. The van der Waals surface area contributed by atoms with Gasteiger partial charge in [0.05, 0.1) is 5.56 Å². The number of alkyl halides is 3. The first kappa shape index (κ1) is 12.9. The fourth-order valence-corrected chi connectivity index (χ4v) is 1.39. The first-order valence-electron chi connectivity index (χ1n) is 5.11. The molecule has 0 amide bonds. The standard InChI is InChI=1S/C12H16F3N/c1-8(2)9-5-10(12(13,14)15)7-11(6-9)16(3)4/h5-8H,1-4H3. The molecule has 1 rings (SSSR count). The molecule has 0 aliphatic heterocycles. The quantitative estimate of drug-likeness (QED) is 0.746. The minimum atomic E-state index is -4.28. The number of halogens is 3. The Morgan fingerprint density at radius 1 is 1.06 bits per heavy atom. The van der Waals surface area contributed by atoms with Crippen molar-refractivity contribution < 1.29 is 13.2 Å². The first-order valence-corrected chi connectivity index (χ1v) is 5.11. The summed E-state index contributed by atoms with van der Waals surface area (Å²) in [6.45, 7) is 3.77. The van der Waals surface area contributed by atoms with Gasteiger partial charge in [-0.25, -0.2) is 0 Å². The summed E-state index contributed by atoms with van der Waals surface area (Å²) in [4.78, 5) is 1.68. The number of rotatable bonds is 2. The second-order valence-electron chi connectivity index (χ2n) is 4.36. The molecule has 90 valence electrons. The van der Waals surface area contributed by atoms with E-state index in [0.29, 0.717) is 11.3 Å². The van der Waals surface area contributed by atoms with Crippen LogP contribution in [-0.2, 0) is 6.18 Å². The largest absolute Gasteiger partial charge is 0.416 e. The Kier molecular flexibility index (Phi) is 3.51. The molecule has 1 nitrogen and oxygen atoms in total. The van der Waals surface area contributed by atoms with Crippen molar-refractivity contribution >= 4 is 5.69 Å². The molecule has 0 bridgehead atoms. The summed E-state index contributed by atoms with van der Waals surface area (Å²) < 4.78 is 38.0. The molecule has 0 radical (unpaired) electrons. The van der Waals surface area contributed by atoms with Gasteiger partial charge in [0.15, 0.2) is 0 Å². The second-order valence-corrected chi connectivity index (χ2v) is 4.36. The van der Waals surface area contributed by atoms with Crippen LogP contribution < -0.4 is 4.90 Å². The van der Waals surface area contributed by atoms with Crippen molar-refractivity contribution in [3.8, 4) is 0 Å². The summed E-state index contributed by atoms with van der Waals surface area (Å²) in [6, 6.07) is 4.18. The Labute approximate surface area is 93.9 Å². The molecule has 0 fully saturated rings. The van der Waals surface area contributed by atoms with Gasteiger partial charge in [-0.05, 0) is 29.7 Å². The van der Waals surface area contributed by atoms with E-state index in [9.17, 15) is 13.2 Å². The summed E-state index contributed by atoms with van der Waals surface area (Å²) in [5, 5.41) is 0. The molecule has 0 aromatic heterocycles.